The zero-order chi connectivity index (χ0) is 21.8. The van der Waals surface area contributed by atoms with Gasteiger partial charge < -0.3 is 20.1 Å². The van der Waals surface area contributed by atoms with Crippen molar-refractivity contribution >= 4 is 23.5 Å². The zero-order valence-corrected chi connectivity index (χ0v) is 17.3. The molecule has 0 spiro atoms. The van der Waals surface area contributed by atoms with Gasteiger partial charge in [-0.2, -0.15) is 0 Å². The molecule has 2 aromatic rings. The van der Waals surface area contributed by atoms with E-state index in [4.69, 9.17) is 20.6 Å². The molecule has 2 amide bonds. The lowest BCUT2D eigenvalue weighted by Gasteiger charge is -2.26. The first kappa shape index (κ1) is 20.7. The summed E-state index contributed by atoms with van der Waals surface area (Å²) in [4.78, 5) is 28.4. The monoisotopic (exact) mass is 422 g/mol. The lowest BCUT2D eigenvalue weighted by molar-refractivity contribution is 0.0723. The summed E-state index contributed by atoms with van der Waals surface area (Å²) < 4.78 is 11.3. The van der Waals surface area contributed by atoms with Gasteiger partial charge >= 0.3 is 6.09 Å². The Balaban J connectivity index is 1.35. The smallest absolute Gasteiger partial charge is 0.414 e. The third-order valence-corrected chi connectivity index (χ3v) is 5.52. The van der Waals surface area contributed by atoms with Crippen LogP contribution in [0.2, 0.25) is 0 Å². The Morgan fingerprint density at radius 1 is 1.10 bits per heavy atom. The molecule has 1 unspecified atom stereocenters. The predicted molar refractivity (Wildman–Crippen MR) is 117 cm³/mol. The Kier molecular flexibility index (Phi) is 6.06. The van der Waals surface area contributed by atoms with E-state index < -0.39 is 12.2 Å². The Morgan fingerprint density at radius 3 is 2.55 bits per heavy atom. The van der Waals surface area contributed by atoms with Crippen LogP contribution in [0.1, 0.15) is 35.2 Å². The number of carbonyl (C=O) groups is 2. The minimum Gasteiger partial charge on any atom is -0.490 e. The van der Waals surface area contributed by atoms with Crippen molar-refractivity contribution in [3.8, 4) is 5.75 Å². The van der Waals surface area contributed by atoms with Gasteiger partial charge in [0.2, 0.25) is 0 Å². The van der Waals surface area contributed by atoms with Crippen LogP contribution in [0.3, 0.4) is 0 Å². The van der Waals surface area contributed by atoms with Crippen LogP contribution in [0.4, 0.5) is 10.5 Å². The Labute approximate surface area is 181 Å². The first-order valence-electron chi connectivity index (χ1n) is 10.5. The third-order valence-electron chi connectivity index (χ3n) is 5.52. The number of benzene rings is 2. The van der Waals surface area contributed by atoms with Gasteiger partial charge in [-0.05, 0) is 61.7 Å². The molecule has 0 aromatic heterocycles. The van der Waals surface area contributed by atoms with E-state index in [1.807, 2.05) is 4.90 Å². The molecule has 2 aliphatic rings. The maximum atomic E-state index is 12.7. The standard InChI is InChI=1S/C23H26N4O4/c24-21(25)16-7-9-18(10-8-16)27-14-20(31-23(27)29)15-30-19-6-4-5-17(13-19)22(28)26-11-2-1-3-12-26/h4-10,13,20H,1-3,11-12,14-15H2,(H3,24,25). The number of amides is 2. The third kappa shape index (κ3) is 4.79. The van der Waals surface area contributed by atoms with Crippen molar-refractivity contribution in [3.05, 3.63) is 59.7 Å². The van der Waals surface area contributed by atoms with Gasteiger partial charge in [-0.25, -0.2) is 4.79 Å². The number of nitrogens with two attached hydrogens (primary N) is 1. The Bertz CT molecular complexity index is 970. The number of hydrogen-bond acceptors (Lipinski definition) is 5. The minimum absolute atomic E-state index is 0.0252. The molecule has 8 nitrogen and oxygen atoms in total. The van der Waals surface area contributed by atoms with Crippen LogP contribution in [0.5, 0.6) is 5.75 Å². The highest BCUT2D eigenvalue weighted by Gasteiger charge is 2.33. The van der Waals surface area contributed by atoms with Gasteiger partial charge in [-0.15, -0.1) is 0 Å². The number of nitrogens with one attached hydrogen (secondary N) is 1. The Hall–Kier alpha value is -3.55. The molecule has 0 bridgehead atoms. The topological polar surface area (TPSA) is 109 Å². The van der Waals surface area contributed by atoms with Crippen molar-refractivity contribution in [3.63, 3.8) is 0 Å². The van der Waals surface area contributed by atoms with Crippen molar-refractivity contribution in [1.29, 1.82) is 5.41 Å². The number of cyclic esters (lactones) is 1. The number of ether oxygens (including phenoxy) is 2. The van der Waals surface area contributed by atoms with E-state index in [9.17, 15) is 9.59 Å². The quantitative estimate of drug-likeness (QED) is 0.549. The molecule has 8 heteroatoms. The molecule has 2 aliphatic heterocycles. The van der Waals surface area contributed by atoms with Crippen LogP contribution in [0.15, 0.2) is 48.5 Å². The highest BCUT2D eigenvalue weighted by atomic mass is 16.6. The van der Waals surface area contributed by atoms with Crippen molar-refractivity contribution < 1.29 is 19.1 Å². The van der Waals surface area contributed by atoms with E-state index in [1.165, 1.54) is 11.3 Å². The van der Waals surface area contributed by atoms with Crippen LogP contribution in [-0.4, -0.2) is 55.1 Å². The number of rotatable bonds is 6. The number of likely N-dealkylation sites (tertiary alicyclic amines) is 1. The normalized spacial score (nSPS) is 18.6. The molecule has 2 heterocycles. The summed E-state index contributed by atoms with van der Waals surface area (Å²) in [5.41, 5.74) is 7.34. The summed E-state index contributed by atoms with van der Waals surface area (Å²) in [5, 5.41) is 7.46. The maximum absolute atomic E-state index is 12.7. The average Bonchev–Trinajstić information content (AvgIpc) is 3.18. The lowest BCUT2D eigenvalue weighted by atomic mass is 10.1. The molecular weight excluding hydrogens is 396 g/mol. The highest BCUT2D eigenvalue weighted by molar-refractivity contribution is 5.96. The van der Waals surface area contributed by atoms with Gasteiger partial charge in [0.25, 0.3) is 5.91 Å². The van der Waals surface area contributed by atoms with Crippen LogP contribution < -0.4 is 15.4 Å². The number of nitrogens with zero attached hydrogens (tertiary/aromatic N) is 2. The summed E-state index contributed by atoms with van der Waals surface area (Å²) in [7, 11) is 0. The van der Waals surface area contributed by atoms with Crippen LogP contribution >= 0.6 is 0 Å². The van der Waals surface area contributed by atoms with Crippen molar-refractivity contribution in [1.82, 2.24) is 4.90 Å². The van der Waals surface area contributed by atoms with Crippen LogP contribution in [-0.2, 0) is 4.74 Å². The zero-order valence-electron chi connectivity index (χ0n) is 17.3. The van der Waals surface area contributed by atoms with Gasteiger partial charge in [-0.3, -0.25) is 15.1 Å². The molecule has 0 aliphatic carbocycles. The molecule has 0 radical (unpaired) electrons. The van der Waals surface area contributed by atoms with Gasteiger partial charge in [-0.1, -0.05) is 6.07 Å². The SMILES string of the molecule is N=C(N)c1ccc(N2CC(COc3cccc(C(=O)N4CCCCC4)c3)OC2=O)cc1. The second kappa shape index (κ2) is 9.07. The predicted octanol–water partition coefficient (Wildman–Crippen LogP) is 3.00. The van der Waals surface area contributed by atoms with E-state index in [1.54, 1.807) is 48.5 Å². The van der Waals surface area contributed by atoms with Gasteiger partial charge in [0, 0.05) is 29.9 Å². The van der Waals surface area contributed by atoms with E-state index in [0.717, 1.165) is 25.9 Å². The van der Waals surface area contributed by atoms with Gasteiger partial charge in [0.15, 0.2) is 6.10 Å². The molecule has 0 saturated carbocycles. The fourth-order valence-electron chi connectivity index (χ4n) is 3.83. The second-order valence-electron chi connectivity index (χ2n) is 7.77. The number of piperidine rings is 1. The number of nitrogen functional groups attached to an aromatic ring is 1. The van der Waals surface area contributed by atoms with E-state index in [-0.39, 0.29) is 18.3 Å². The van der Waals surface area contributed by atoms with Crippen molar-refractivity contribution in [2.24, 2.45) is 5.73 Å². The fraction of sp³-hybridized carbons (Fsp3) is 0.348. The molecule has 2 saturated heterocycles. The number of hydrogen-bond donors (Lipinski definition) is 2. The van der Waals surface area contributed by atoms with Gasteiger partial charge in [0.05, 0.1) is 6.54 Å². The molecule has 31 heavy (non-hydrogen) atoms. The summed E-state index contributed by atoms with van der Waals surface area (Å²) in [6.07, 6.45) is 2.39. The highest BCUT2D eigenvalue weighted by Crippen LogP contribution is 2.23. The first-order valence-corrected chi connectivity index (χ1v) is 10.5. The second-order valence-corrected chi connectivity index (χ2v) is 7.77. The largest absolute Gasteiger partial charge is 0.490 e. The summed E-state index contributed by atoms with van der Waals surface area (Å²) in [6, 6.07) is 14.0. The number of amidine groups is 1. The van der Waals surface area contributed by atoms with E-state index >= 15 is 0 Å². The molecule has 1 atom stereocenters. The number of anilines is 1. The fourth-order valence-corrected chi connectivity index (χ4v) is 3.83. The molecule has 2 aromatic carbocycles. The van der Waals surface area contributed by atoms with Crippen LogP contribution in [0.25, 0.3) is 0 Å². The first-order chi connectivity index (χ1) is 15.0. The van der Waals surface area contributed by atoms with Crippen molar-refractivity contribution in [2.75, 3.05) is 31.1 Å². The summed E-state index contributed by atoms with van der Waals surface area (Å²) in [6.45, 7) is 2.14. The van der Waals surface area contributed by atoms with E-state index in [0.29, 0.717) is 29.1 Å². The maximum Gasteiger partial charge on any atom is 0.414 e. The summed E-state index contributed by atoms with van der Waals surface area (Å²) >= 11 is 0. The summed E-state index contributed by atoms with van der Waals surface area (Å²) in [5.74, 6) is 0.573. The number of carbonyl (C=O) groups excluding carboxylic acids is 2. The lowest BCUT2D eigenvalue weighted by Crippen LogP contribution is -2.35. The van der Waals surface area contributed by atoms with E-state index in [2.05, 4.69) is 0 Å². The molecule has 3 N–H and O–H groups in total. The van der Waals surface area contributed by atoms with Crippen LogP contribution in [0, 0.1) is 5.41 Å². The molecule has 4 rings (SSSR count). The van der Waals surface area contributed by atoms with Crippen molar-refractivity contribution in [2.45, 2.75) is 25.4 Å². The minimum atomic E-state index is -0.446. The Morgan fingerprint density at radius 2 is 1.84 bits per heavy atom. The average molecular weight is 422 g/mol. The molecule has 162 valence electrons. The molecular formula is C23H26N4O4. The molecule has 2 fully saturated rings. The van der Waals surface area contributed by atoms with Gasteiger partial charge in [0.1, 0.15) is 18.2 Å².